The Hall–Kier alpha value is -0.383. The van der Waals surface area contributed by atoms with Gasteiger partial charge in [-0.3, -0.25) is 0 Å². The molecule has 0 aromatic carbocycles. The molecule has 1 atom stereocenters. The van der Waals surface area contributed by atoms with Crippen molar-refractivity contribution in [3.05, 3.63) is 20.8 Å². The molecule has 0 aliphatic carbocycles. The lowest BCUT2D eigenvalue weighted by molar-refractivity contribution is -0.260. The Balaban J connectivity index is 3.52. The summed E-state index contributed by atoms with van der Waals surface area (Å²) in [5, 5.41) is 0. The standard InChI is InChI=1S/C12H16BrF3O3SSi/c1-5-18-10(17)11(12(14,15)16,19-21(2,3)4)8-6-7-9(13)20-8/h6-7H,5H2,1-4H3. The molecule has 21 heavy (non-hydrogen) atoms. The van der Waals surface area contributed by atoms with Gasteiger partial charge >= 0.3 is 12.1 Å². The van der Waals surface area contributed by atoms with Gasteiger partial charge in [0.2, 0.25) is 0 Å². The van der Waals surface area contributed by atoms with Gasteiger partial charge in [-0.15, -0.1) is 11.3 Å². The summed E-state index contributed by atoms with van der Waals surface area (Å²) in [5.74, 6) is -1.42. The maximum absolute atomic E-state index is 13.8. The van der Waals surface area contributed by atoms with Gasteiger partial charge < -0.3 is 9.16 Å². The van der Waals surface area contributed by atoms with Crippen molar-refractivity contribution in [3.63, 3.8) is 0 Å². The van der Waals surface area contributed by atoms with Crippen molar-refractivity contribution in [1.82, 2.24) is 0 Å². The number of ether oxygens (including phenoxy) is 1. The first-order chi connectivity index (χ1) is 9.44. The summed E-state index contributed by atoms with van der Waals surface area (Å²) in [6.45, 7) is 6.08. The monoisotopic (exact) mass is 404 g/mol. The van der Waals surface area contributed by atoms with Crippen LogP contribution in [0, 0.1) is 0 Å². The van der Waals surface area contributed by atoms with Crippen LogP contribution in [0.3, 0.4) is 0 Å². The van der Waals surface area contributed by atoms with E-state index >= 15 is 0 Å². The Kier molecular flexibility index (Phi) is 5.68. The molecule has 9 heteroatoms. The molecule has 0 spiro atoms. The first-order valence-corrected chi connectivity index (χ1v) is 11.2. The van der Waals surface area contributed by atoms with Crippen LogP contribution in [-0.4, -0.2) is 27.1 Å². The van der Waals surface area contributed by atoms with Crippen molar-refractivity contribution >= 4 is 41.6 Å². The number of thiophene rings is 1. The maximum Gasteiger partial charge on any atom is 0.432 e. The zero-order valence-corrected chi connectivity index (χ0v) is 15.4. The van der Waals surface area contributed by atoms with Crippen LogP contribution < -0.4 is 0 Å². The molecule has 1 unspecified atom stereocenters. The quantitative estimate of drug-likeness (QED) is 0.527. The fraction of sp³-hybridized carbons (Fsp3) is 0.583. The van der Waals surface area contributed by atoms with Crippen LogP contribution in [0.25, 0.3) is 0 Å². The highest BCUT2D eigenvalue weighted by molar-refractivity contribution is 9.11. The van der Waals surface area contributed by atoms with Crippen LogP contribution in [0.2, 0.25) is 19.6 Å². The Bertz CT molecular complexity index is 513. The van der Waals surface area contributed by atoms with E-state index in [-0.39, 0.29) is 11.5 Å². The number of carbonyl (C=O) groups is 1. The molecule has 1 heterocycles. The van der Waals surface area contributed by atoms with E-state index in [1.54, 1.807) is 19.6 Å². The first kappa shape index (κ1) is 18.7. The predicted octanol–water partition coefficient (Wildman–Crippen LogP) is 4.68. The van der Waals surface area contributed by atoms with E-state index in [1.807, 2.05) is 0 Å². The molecule has 0 N–H and O–H groups in total. The molecule has 0 radical (unpaired) electrons. The Morgan fingerprint density at radius 3 is 2.24 bits per heavy atom. The molecule has 0 amide bonds. The van der Waals surface area contributed by atoms with Crippen molar-refractivity contribution in [3.8, 4) is 0 Å². The Morgan fingerprint density at radius 2 is 1.90 bits per heavy atom. The SMILES string of the molecule is CCOC(=O)C(O[Si](C)(C)C)(c1ccc(Br)s1)C(F)(F)F. The van der Waals surface area contributed by atoms with Crippen molar-refractivity contribution in [2.75, 3.05) is 6.61 Å². The van der Waals surface area contributed by atoms with E-state index in [0.29, 0.717) is 3.79 Å². The van der Waals surface area contributed by atoms with E-state index < -0.39 is 26.1 Å². The molecule has 0 bridgehead atoms. The molecule has 0 aliphatic rings. The number of hydrogen-bond donors (Lipinski definition) is 0. The van der Waals surface area contributed by atoms with Gasteiger partial charge in [0.1, 0.15) is 0 Å². The summed E-state index contributed by atoms with van der Waals surface area (Å²) in [6, 6.07) is 2.69. The fourth-order valence-electron chi connectivity index (χ4n) is 1.70. The maximum atomic E-state index is 13.8. The highest BCUT2D eigenvalue weighted by atomic mass is 79.9. The zero-order valence-electron chi connectivity index (χ0n) is 12.0. The van der Waals surface area contributed by atoms with Gasteiger partial charge in [0.05, 0.1) is 15.3 Å². The highest BCUT2D eigenvalue weighted by Gasteiger charge is 2.66. The number of rotatable bonds is 5. The molecule has 1 aromatic rings. The number of esters is 1. The molecule has 1 aromatic heterocycles. The predicted molar refractivity (Wildman–Crippen MR) is 80.8 cm³/mol. The van der Waals surface area contributed by atoms with Crippen molar-refractivity contribution < 1.29 is 27.1 Å². The van der Waals surface area contributed by atoms with Gasteiger partial charge in [-0.2, -0.15) is 13.2 Å². The molecule has 0 saturated heterocycles. The van der Waals surface area contributed by atoms with E-state index in [9.17, 15) is 18.0 Å². The van der Waals surface area contributed by atoms with E-state index in [0.717, 1.165) is 11.3 Å². The zero-order chi connectivity index (χ0) is 16.5. The Labute approximate surface area is 134 Å². The lowest BCUT2D eigenvalue weighted by Gasteiger charge is -2.37. The summed E-state index contributed by atoms with van der Waals surface area (Å²) in [7, 11) is -2.70. The molecule has 1 rings (SSSR count). The first-order valence-electron chi connectivity index (χ1n) is 6.14. The van der Waals surface area contributed by atoms with Crippen LogP contribution in [0.4, 0.5) is 13.2 Å². The molecule has 0 fully saturated rings. The topological polar surface area (TPSA) is 35.5 Å². The van der Waals surface area contributed by atoms with Crippen molar-refractivity contribution in [2.45, 2.75) is 38.3 Å². The molecule has 120 valence electrons. The number of carbonyl (C=O) groups excluding carboxylic acids is 1. The van der Waals surface area contributed by atoms with Gasteiger partial charge in [0.15, 0.2) is 8.32 Å². The second-order valence-corrected chi connectivity index (χ2v) is 12.1. The summed E-state index contributed by atoms with van der Waals surface area (Å²) < 4.78 is 51.8. The van der Waals surface area contributed by atoms with Gasteiger partial charge in [-0.1, -0.05) is 0 Å². The van der Waals surface area contributed by atoms with Crippen LogP contribution in [0.5, 0.6) is 0 Å². The highest BCUT2D eigenvalue weighted by Crippen LogP contribution is 2.48. The van der Waals surface area contributed by atoms with E-state index in [4.69, 9.17) is 4.43 Å². The smallest absolute Gasteiger partial charge is 0.432 e. The molecule has 3 nitrogen and oxygen atoms in total. The summed E-state index contributed by atoms with van der Waals surface area (Å²) in [5.41, 5.74) is -3.07. The molecule has 0 saturated carbocycles. The molecular weight excluding hydrogens is 389 g/mol. The average molecular weight is 405 g/mol. The Morgan fingerprint density at radius 1 is 1.33 bits per heavy atom. The molecular formula is C12H16BrF3O3SSi. The van der Waals surface area contributed by atoms with Gasteiger partial charge in [0, 0.05) is 0 Å². The molecule has 0 aliphatic heterocycles. The van der Waals surface area contributed by atoms with Crippen LogP contribution in [0.15, 0.2) is 15.9 Å². The van der Waals surface area contributed by atoms with Crippen LogP contribution in [0.1, 0.15) is 11.8 Å². The minimum Gasteiger partial charge on any atom is -0.463 e. The number of hydrogen-bond acceptors (Lipinski definition) is 4. The number of halogens is 4. The fourth-order valence-corrected chi connectivity index (χ4v) is 4.52. The summed E-state index contributed by atoms with van der Waals surface area (Å²) >= 11 is 3.92. The third-order valence-corrected chi connectivity index (χ3v) is 4.98. The number of alkyl halides is 3. The third-order valence-electron chi connectivity index (χ3n) is 2.34. The van der Waals surface area contributed by atoms with Crippen molar-refractivity contribution in [1.29, 1.82) is 0 Å². The average Bonchev–Trinajstić information content (AvgIpc) is 2.70. The van der Waals surface area contributed by atoms with Gasteiger partial charge in [0.25, 0.3) is 5.60 Å². The van der Waals surface area contributed by atoms with Crippen LogP contribution in [-0.2, 0) is 19.6 Å². The lowest BCUT2D eigenvalue weighted by atomic mass is 10.0. The summed E-state index contributed by atoms with van der Waals surface area (Å²) in [4.78, 5) is 11.9. The minimum atomic E-state index is -4.91. The van der Waals surface area contributed by atoms with Gasteiger partial charge in [-0.25, -0.2) is 4.79 Å². The second-order valence-electron chi connectivity index (χ2n) is 5.22. The largest absolute Gasteiger partial charge is 0.463 e. The van der Waals surface area contributed by atoms with Crippen molar-refractivity contribution in [2.24, 2.45) is 0 Å². The minimum absolute atomic E-state index is 0.154. The second kappa shape index (κ2) is 6.39. The van der Waals surface area contributed by atoms with Gasteiger partial charge in [-0.05, 0) is 54.6 Å². The van der Waals surface area contributed by atoms with E-state index in [1.165, 1.54) is 19.1 Å². The summed E-state index contributed by atoms with van der Waals surface area (Å²) in [6.07, 6.45) is -4.91. The van der Waals surface area contributed by atoms with E-state index in [2.05, 4.69) is 20.7 Å². The third kappa shape index (κ3) is 4.08. The lowest BCUT2D eigenvalue weighted by Crippen LogP contribution is -2.56. The van der Waals surface area contributed by atoms with Crippen LogP contribution >= 0.6 is 27.3 Å². The normalized spacial score (nSPS) is 15.6.